The molecule has 0 fully saturated rings. The van der Waals surface area contributed by atoms with Crippen LogP contribution in [0.3, 0.4) is 0 Å². The summed E-state index contributed by atoms with van der Waals surface area (Å²) in [6.45, 7) is 3.91. The van der Waals surface area contributed by atoms with Crippen molar-refractivity contribution in [3.8, 4) is 0 Å². The molecule has 0 unspecified atom stereocenters. The third kappa shape index (κ3) is 2.46. The van der Waals surface area contributed by atoms with Crippen molar-refractivity contribution >= 4 is 6.08 Å². The maximum atomic E-state index is 5.24. The molecule has 0 aromatic carbocycles. The predicted molar refractivity (Wildman–Crippen MR) is 38.2 cm³/mol. The van der Waals surface area contributed by atoms with Gasteiger partial charge in [-0.1, -0.05) is 6.08 Å². The van der Waals surface area contributed by atoms with Gasteiger partial charge in [-0.3, -0.25) is 0 Å². The fraction of sp³-hybridized carbons (Fsp3) is 0.250. The van der Waals surface area contributed by atoms with Crippen LogP contribution in [0.1, 0.15) is 18.4 Å². The van der Waals surface area contributed by atoms with Gasteiger partial charge in [-0.15, -0.1) is 0 Å². The van der Waals surface area contributed by atoms with Gasteiger partial charge in [0.2, 0.25) is 0 Å². The van der Waals surface area contributed by atoms with Crippen molar-refractivity contribution in [2.45, 2.75) is 13.8 Å². The maximum Gasteiger partial charge on any atom is 0.126 e. The Morgan fingerprint density at radius 3 is 2.50 bits per heavy atom. The Labute approximate surface area is 73.0 Å². The molecule has 0 bridgehead atoms. The molecule has 1 heterocycles. The van der Waals surface area contributed by atoms with E-state index >= 15 is 0 Å². The van der Waals surface area contributed by atoms with E-state index in [9.17, 15) is 0 Å². The van der Waals surface area contributed by atoms with Crippen LogP contribution in [0.2, 0.25) is 0 Å². The smallest absolute Gasteiger partial charge is 0.126 e. The topological polar surface area (TPSA) is 13.1 Å². The van der Waals surface area contributed by atoms with Crippen molar-refractivity contribution in [3.63, 3.8) is 0 Å². The summed E-state index contributed by atoms with van der Waals surface area (Å²) in [4.78, 5) is 0. The fourth-order valence-corrected chi connectivity index (χ4v) is 0.707. The molecule has 0 amide bonds. The molecule has 0 aliphatic carbocycles. The van der Waals surface area contributed by atoms with Gasteiger partial charge in [0.25, 0.3) is 0 Å². The Balaban J connectivity index is 0.000000810. The second-order valence-corrected chi connectivity index (χ2v) is 1.95. The molecule has 1 radical (unpaired) electrons. The first-order valence-corrected chi connectivity index (χ1v) is 3.02. The van der Waals surface area contributed by atoms with Crippen molar-refractivity contribution in [1.82, 2.24) is 0 Å². The first kappa shape index (κ1) is 9.60. The minimum absolute atomic E-state index is 0. The quantitative estimate of drug-likeness (QED) is 0.636. The molecular formula is C8H10OV. The summed E-state index contributed by atoms with van der Waals surface area (Å²) in [7, 11) is 0. The Morgan fingerprint density at radius 1 is 1.40 bits per heavy atom. The van der Waals surface area contributed by atoms with Crippen molar-refractivity contribution < 1.29 is 23.0 Å². The summed E-state index contributed by atoms with van der Waals surface area (Å²) >= 11 is 0. The van der Waals surface area contributed by atoms with Gasteiger partial charge in [-0.2, -0.15) is 0 Å². The Morgan fingerprint density at radius 2 is 2.10 bits per heavy atom. The Hall–Kier alpha value is -0.396. The minimum atomic E-state index is 0. The van der Waals surface area contributed by atoms with Crippen LogP contribution in [-0.2, 0) is 18.6 Å². The molecule has 0 N–H and O–H groups in total. The van der Waals surface area contributed by atoms with Gasteiger partial charge in [-0.25, -0.2) is 0 Å². The largest absolute Gasteiger partial charge is 0.462 e. The summed E-state index contributed by atoms with van der Waals surface area (Å²) < 4.78 is 5.24. The average molecular weight is 173 g/mol. The van der Waals surface area contributed by atoms with Gasteiger partial charge in [0.05, 0.1) is 0 Å². The van der Waals surface area contributed by atoms with E-state index in [-0.39, 0.29) is 18.6 Å². The molecule has 1 nitrogen and oxygen atoms in total. The van der Waals surface area contributed by atoms with E-state index in [0.29, 0.717) is 0 Å². The Kier molecular flexibility index (Phi) is 4.25. The molecule has 2 heteroatoms. The third-order valence-electron chi connectivity index (χ3n) is 1.09. The number of furan rings is 1. The van der Waals surface area contributed by atoms with Gasteiger partial charge in [0.1, 0.15) is 11.5 Å². The first-order valence-electron chi connectivity index (χ1n) is 3.02. The van der Waals surface area contributed by atoms with E-state index < -0.39 is 0 Å². The zero-order valence-corrected chi connectivity index (χ0v) is 7.56. The second kappa shape index (κ2) is 4.42. The van der Waals surface area contributed by atoms with E-state index in [1.54, 1.807) is 0 Å². The molecular weight excluding hydrogens is 163 g/mol. The summed E-state index contributed by atoms with van der Waals surface area (Å²) in [6, 6.07) is 3.91. The maximum absolute atomic E-state index is 5.24. The molecule has 0 spiro atoms. The summed E-state index contributed by atoms with van der Waals surface area (Å²) in [5.41, 5.74) is 0. The minimum Gasteiger partial charge on any atom is -0.462 e. The predicted octanol–water partition coefficient (Wildman–Crippen LogP) is 2.62. The van der Waals surface area contributed by atoms with Gasteiger partial charge >= 0.3 is 0 Å². The molecule has 10 heavy (non-hydrogen) atoms. The zero-order valence-electron chi connectivity index (χ0n) is 6.16. The van der Waals surface area contributed by atoms with E-state index in [2.05, 4.69) is 0 Å². The second-order valence-electron chi connectivity index (χ2n) is 1.95. The number of hydrogen-bond donors (Lipinski definition) is 0. The molecule has 1 aromatic rings. The third-order valence-corrected chi connectivity index (χ3v) is 1.09. The molecule has 53 valence electrons. The van der Waals surface area contributed by atoms with Gasteiger partial charge < -0.3 is 4.42 Å². The van der Waals surface area contributed by atoms with Crippen molar-refractivity contribution in [3.05, 3.63) is 29.7 Å². The van der Waals surface area contributed by atoms with E-state index in [4.69, 9.17) is 4.42 Å². The normalized spacial score (nSPS) is 9.80. The van der Waals surface area contributed by atoms with Crippen LogP contribution in [0.25, 0.3) is 6.08 Å². The van der Waals surface area contributed by atoms with Gasteiger partial charge in [0.15, 0.2) is 0 Å². The van der Waals surface area contributed by atoms with Crippen molar-refractivity contribution in [2.24, 2.45) is 0 Å². The van der Waals surface area contributed by atoms with Crippen molar-refractivity contribution in [2.75, 3.05) is 0 Å². The van der Waals surface area contributed by atoms with Crippen LogP contribution in [0.5, 0.6) is 0 Å². The molecule has 0 saturated heterocycles. The van der Waals surface area contributed by atoms with Gasteiger partial charge in [-0.05, 0) is 32.1 Å². The molecule has 1 aromatic heterocycles. The van der Waals surface area contributed by atoms with Crippen LogP contribution in [0.4, 0.5) is 0 Å². The van der Waals surface area contributed by atoms with E-state index in [0.717, 1.165) is 11.5 Å². The van der Waals surface area contributed by atoms with Crippen LogP contribution >= 0.6 is 0 Å². The molecule has 1 rings (SSSR count). The fourth-order valence-electron chi connectivity index (χ4n) is 0.707. The van der Waals surface area contributed by atoms with Crippen LogP contribution in [0.15, 0.2) is 22.6 Å². The molecule has 0 aliphatic heterocycles. The van der Waals surface area contributed by atoms with Crippen LogP contribution < -0.4 is 0 Å². The van der Waals surface area contributed by atoms with Crippen LogP contribution in [0, 0.1) is 6.92 Å². The molecule has 0 saturated carbocycles. The van der Waals surface area contributed by atoms with E-state index in [1.807, 2.05) is 38.1 Å². The molecule has 0 atom stereocenters. The molecule has 0 aliphatic rings. The average Bonchev–Trinajstić information content (AvgIpc) is 2.17. The zero-order chi connectivity index (χ0) is 6.69. The Bertz CT molecular complexity index is 213. The van der Waals surface area contributed by atoms with E-state index in [1.165, 1.54) is 0 Å². The summed E-state index contributed by atoms with van der Waals surface area (Å²) in [5.74, 6) is 1.89. The SMILES string of the molecule is CC=Cc1ccc(C)o1.[V]. The van der Waals surface area contributed by atoms with Crippen molar-refractivity contribution in [1.29, 1.82) is 0 Å². The number of hydrogen-bond acceptors (Lipinski definition) is 1. The first-order chi connectivity index (χ1) is 4.33. The summed E-state index contributed by atoms with van der Waals surface area (Å²) in [6.07, 6.45) is 3.89. The van der Waals surface area contributed by atoms with Gasteiger partial charge in [0, 0.05) is 18.6 Å². The number of aryl methyl sites for hydroxylation is 1. The monoisotopic (exact) mass is 173 g/mol. The van der Waals surface area contributed by atoms with Crippen LogP contribution in [-0.4, -0.2) is 0 Å². The number of allylic oxidation sites excluding steroid dienone is 1. The summed E-state index contributed by atoms with van der Waals surface area (Å²) in [5, 5.41) is 0. The standard InChI is InChI=1S/C8H10O.V/c1-3-4-8-6-5-7(2)9-8;/h3-6H,1-2H3;. The number of rotatable bonds is 1.